The Labute approximate surface area is 153 Å². The predicted octanol–water partition coefficient (Wildman–Crippen LogP) is 2.57. The number of hydrogen-bond donors (Lipinski definition) is 1. The van der Waals surface area contributed by atoms with Crippen molar-refractivity contribution in [2.75, 3.05) is 6.54 Å². The molecule has 132 valence electrons. The van der Waals surface area contributed by atoms with E-state index in [4.69, 9.17) is 0 Å². The Morgan fingerprint density at radius 1 is 1.35 bits per heavy atom. The molecular weight excluding hydrogens is 350 g/mol. The summed E-state index contributed by atoms with van der Waals surface area (Å²) in [4.78, 5) is 42.7. The minimum Gasteiger partial charge on any atom is -0.330 e. The van der Waals surface area contributed by atoms with E-state index in [-0.39, 0.29) is 17.5 Å². The highest BCUT2D eigenvalue weighted by atomic mass is 32.1. The number of H-pyrrole nitrogens is 1. The van der Waals surface area contributed by atoms with Crippen LogP contribution in [0.1, 0.15) is 39.9 Å². The van der Waals surface area contributed by atoms with E-state index in [1.54, 1.807) is 11.1 Å². The van der Waals surface area contributed by atoms with Crippen molar-refractivity contribution >= 4 is 17.2 Å². The summed E-state index contributed by atoms with van der Waals surface area (Å²) in [5, 5.41) is 2.71. The van der Waals surface area contributed by atoms with Crippen LogP contribution in [-0.2, 0) is 0 Å². The maximum absolute atomic E-state index is 12.9. The average molecular weight is 367 g/mol. The van der Waals surface area contributed by atoms with E-state index in [2.05, 4.69) is 19.9 Å². The van der Waals surface area contributed by atoms with Gasteiger partial charge in [0, 0.05) is 24.3 Å². The highest BCUT2D eigenvalue weighted by Crippen LogP contribution is 2.31. The number of nitrogens with zero attached hydrogens (tertiary/aromatic N) is 4. The molecule has 0 aliphatic carbocycles. The lowest BCUT2D eigenvalue weighted by molar-refractivity contribution is 0.0730. The van der Waals surface area contributed by atoms with Gasteiger partial charge in [-0.3, -0.25) is 14.6 Å². The number of thiazole rings is 1. The van der Waals surface area contributed by atoms with Crippen LogP contribution in [0.2, 0.25) is 0 Å². The molecule has 1 amide bonds. The first-order valence-corrected chi connectivity index (χ1v) is 9.25. The molecule has 0 spiro atoms. The molecule has 4 heterocycles. The fraction of sp³-hybridized carbons (Fsp3) is 0.278. The van der Waals surface area contributed by atoms with Crippen molar-refractivity contribution in [2.24, 2.45) is 0 Å². The lowest BCUT2D eigenvalue weighted by Gasteiger charge is -2.23. The zero-order chi connectivity index (χ0) is 18.1. The van der Waals surface area contributed by atoms with E-state index in [1.165, 1.54) is 17.5 Å². The number of carbonyl (C=O) groups is 1. The second-order valence-electron chi connectivity index (χ2n) is 6.14. The molecule has 1 atom stereocenters. The summed E-state index contributed by atoms with van der Waals surface area (Å²) in [7, 11) is 0. The molecule has 7 nitrogen and oxygen atoms in total. The zero-order valence-electron chi connectivity index (χ0n) is 14.2. The maximum Gasteiger partial charge on any atom is 0.264 e. The second-order valence-corrected chi connectivity index (χ2v) is 7.20. The van der Waals surface area contributed by atoms with Crippen LogP contribution in [0.4, 0.5) is 0 Å². The quantitative estimate of drug-likeness (QED) is 0.768. The third kappa shape index (κ3) is 3.03. The molecular formula is C18H17N5O2S. The molecule has 3 aromatic heterocycles. The number of aromatic amines is 1. The van der Waals surface area contributed by atoms with Crippen molar-refractivity contribution < 1.29 is 4.79 Å². The molecule has 26 heavy (non-hydrogen) atoms. The summed E-state index contributed by atoms with van der Waals surface area (Å²) in [5.41, 5.74) is 1.05. The van der Waals surface area contributed by atoms with Crippen LogP contribution in [0.5, 0.6) is 0 Å². The van der Waals surface area contributed by atoms with Gasteiger partial charge in [0.1, 0.15) is 11.3 Å². The summed E-state index contributed by atoms with van der Waals surface area (Å²) in [5.74, 6) is 0.0616. The zero-order valence-corrected chi connectivity index (χ0v) is 15.0. The third-order valence-corrected chi connectivity index (χ3v) is 5.21. The van der Waals surface area contributed by atoms with Gasteiger partial charge in [0.15, 0.2) is 5.82 Å². The Morgan fingerprint density at radius 2 is 2.23 bits per heavy atom. The van der Waals surface area contributed by atoms with Gasteiger partial charge < -0.3 is 9.88 Å². The van der Waals surface area contributed by atoms with Crippen LogP contribution in [0.3, 0.4) is 0 Å². The highest BCUT2D eigenvalue weighted by Gasteiger charge is 2.32. The largest absolute Gasteiger partial charge is 0.330 e. The monoisotopic (exact) mass is 367 g/mol. The first-order chi connectivity index (χ1) is 12.6. The lowest BCUT2D eigenvalue weighted by Crippen LogP contribution is -2.35. The minimum atomic E-state index is -0.447. The molecule has 1 N–H and O–H groups in total. The summed E-state index contributed by atoms with van der Waals surface area (Å²) >= 11 is 1.48. The van der Waals surface area contributed by atoms with E-state index in [0.717, 1.165) is 23.5 Å². The van der Waals surface area contributed by atoms with Gasteiger partial charge in [-0.1, -0.05) is 6.07 Å². The smallest absolute Gasteiger partial charge is 0.264 e. The van der Waals surface area contributed by atoms with E-state index in [1.807, 2.05) is 30.5 Å². The van der Waals surface area contributed by atoms with E-state index in [9.17, 15) is 9.59 Å². The molecule has 0 bridgehead atoms. The maximum atomic E-state index is 12.9. The van der Waals surface area contributed by atoms with Crippen molar-refractivity contribution in [1.82, 2.24) is 24.8 Å². The Kier molecular flexibility index (Phi) is 4.34. The van der Waals surface area contributed by atoms with Gasteiger partial charge in [-0.2, -0.15) is 0 Å². The lowest BCUT2D eigenvalue weighted by atomic mass is 10.1. The molecule has 1 aliphatic rings. The van der Waals surface area contributed by atoms with Crippen LogP contribution < -0.4 is 5.56 Å². The van der Waals surface area contributed by atoms with Crippen LogP contribution in [0, 0.1) is 6.92 Å². The molecule has 1 saturated heterocycles. The highest BCUT2D eigenvalue weighted by molar-refractivity contribution is 7.09. The van der Waals surface area contributed by atoms with Crippen molar-refractivity contribution in [3.8, 4) is 11.5 Å². The van der Waals surface area contributed by atoms with Crippen molar-refractivity contribution in [2.45, 2.75) is 25.8 Å². The second kappa shape index (κ2) is 6.80. The average Bonchev–Trinajstić information content (AvgIpc) is 3.31. The van der Waals surface area contributed by atoms with Gasteiger partial charge in [0.2, 0.25) is 0 Å². The topological polar surface area (TPSA) is 91.8 Å². The van der Waals surface area contributed by atoms with Gasteiger partial charge in [-0.15, -0.1) is 11.3 Å². The molecule has 0 saturated carbocycles. The predicted molar refractivity (Wildman–Crippen MR) is 98.0 cm³/mol. The van der Waals surface area contributed by atoms with Gasteiger partial charge in [0.05, 0.1) is 16.7 Å². The molecule has 1 unspecified atom stereocenters. The molecule has 8 heteroatoms. The van der Waals surface area contributed by atoms with Crippen LogP contribution in [0.15, 0.2) is 40.8 Å². The number of hydrogen-bond acceptors (Lipinski definition) is 6. The van der Waals surface area contributed by atoms with Crippen molar-refractivity contribution in [1.29, 1.82) is 0 Å². The number of likely N-dealkylation sites (tertiary alicyclic amines) is 1. The molecule has 0 aromatic carbocycles. The Balaban J connectivity index is 1.63. The molecule has 1 aliphatic heterocycles. The Bertz CT molecular complexity index is 998. The third-order valence-electron chi connectivity index (χ3n) is 4.43. The number of pyridine rings is 1. The van der Waals surface area contributed by atoms with Gasteiger partial charge >= 0.3 is 0 Å². The first kappa shape index (κ1) is 16.6. The standard InChI is InChI=1S/C18H17N5O2S/c1-11-21-14(10-26-11)16-20-9-12(17(24)22-16)18(25)23-8-4-6-15(23)13-5-2-3-7-19-13/h2-3,5,7,9-10,15H,4,6,8H2,1H3,(H,20,22,24). The van der Waals surface area contributed by atoms with Crippen LogP contribution in [0.25, 0.3) is 11.5 Å². The summed E-state index contributed by atoms with van der Waals surface area (Å²) in [6.45, 7) is 2.49. The number of carbonyl (C=O) groups excluding carboxylic acids is 1. The van der Waals surface area contributed by atoms with Crippen LogP contribution in [-0.4, -0.2) is 37.3 Å². The van der Waals surface area contributed by atoms with Gasteiger partial charge in [-0.25, -0.2) is 9.97 Å². The summed E-state index contributed by atoms with van der Waals surface area (Å²) < 4.78 is 0. The van der Waals surface area contributed by atoms with Crippen molar-refractivity contribution in [3.05, 3.63) is 62.6 Å². The number of nitrogens with one attached hydrogen (secondary N) is 1. The van der Waals surface area contributed by atoms with Crippen molar-refractivity contribution in [3.63, 3.8) is 0 Å². The number of amides is 1. The molecule has 3 aromatic rings. The van der Waals surface area contributed by atoms with E-state index >= 15 is 0 Å². The first-order valence-electron chi connectivity index (χ1n) is 8.37. The molecule has 0 radical (unpaired) electrons. The fourth-order valence-electron chi connectivity index (χ4n) is 3.19. The van der Waals surface area contributed by atoms with Gasteiger partial charge in [0.25, 0.3) is 11.5 Å². The van der Waals surface area contributed by atoms with Crippen LogP contribution >= 0.6 is 11.3 Å². The minimum absolute atomic E-state index is 0.0449. The van der Waals surface area contributed by atoms with E-state index in [0.29, 0.717) is 18.1 Å². The normalized spacial score (nSPS) is 16.8. The number of rotatable bonds is 3. The van der Waals surface area contributed by atoms with Gasteiger partial charge in [-0.05, 0) is 31.9 Å². The number of aromatic nitrogens is 4. The number of aryl methyl sites for hydroxylation is 1. The van der Waals surface area contributed by atoms with E-state index < -0.39 is 5.56 Å². The SMILES string of the molecule is Cc1nc(-c2ncc(C(=O)N3CCCC3c3ccccn3)c(=O)[nH]2)cs1. The summed E-state index contributed by atoms with van der Waals surface area (Å²) in [6.07, 6.45) is 4.78. The summed E-state index contributed by atoms with van der Waals surface area (Å²) in [6, 6.07) is 5.55. The Hall–Kier alpha value is -2.87. The molecule has 4 rings (SSSR count). The fourth-order valence-corrected chi connectivity index (χ4v) is 3.79. The Morgan fingerprint density at radius 3 is 2.92 bits per heavy atom. The molecule has 1 fully saturated rings.